The van der Waals surface area contributed by atoms with Gasteiger partial charge in [0.2, 0.25) is 5.95 Å². The first-order valence-electron chi connectivity index (χ1n) is 4.17. The minimum absolute atomic E-state index is 0.211. The van der Waals surface area contributed by atoms with E-state index in [-0.39, 0.29) is 5.95 Å². The molecule has 0 saturated carbocycles. The van der Waals surface area contributed by atoms with Crippen molar-refractivity contribution in [2.75, 3.05) is 5.73 Å². The summed E-state index contributed by atoms with van der Waals surface area (Å²) in [5, 5.41) is 1.11. The molecule has 0 unspecified atom stereocenters. The molecule has 15 heavy (non-hydrogen) atoms. The van der Waals surface area contributed by atoms with Crippen LogP contribution in [0.5, 0.6) is 0 Å². The highest BCUT2D eigenvalue weighted by molar-refractivity contribution is 7.99. The van der Waals surface area contributed by atoms with Crippen LogP contribution in [0.3, 0.4) is 0 Å². The van der Waals surface area contributed by atoms with Gasteiger partial charge in [-0.2, -0.15) is 0 Å². The molecule has 0 aromatic carbocycles. The summed E-state index contributed by atoms with van der Waals surface area (Å²) < 4.78 is 5.17. The lowest BCUT2D eigenvalue weighted by atomic mass is 10.5. The number of furan rings is 1. The molecule has 0 aliphatic carbocycles. The van der Waals surface area contributed by atoms with Crippen LogP contribution in [0.1, 0.15) is 5.76 Å². The summed E-state index contributed by atoms with van der Waals surface area (Å²) in [6.07, 6.45) is 3.11. The van der Waals surface area contributed by atoms with Crippen molar-refractivity contribution in [3.8, 4) is 0 Å². The van der Waals surface area contributed by atoms with E-state index in [1.54, 1.807) is 6.26 Å². The van der Waals surface area contributed by atoms with Crippen molar-refractivity contribution in [1.82, 2.24) is 9.97 Å². The molecule has 0 radical (unpaired) electrons. The van der Waals surface area contributed by atoms with Crippen LogP contribution in [0, 0.1) is 6.92 Å². The van der Waals surface area contributed by atoms with E-state index in [1.807, 2.05) is 13.0 Å². The fourth-order valence-corrected chi connectivity index (χ4v) is 2.04. The fourth-order valence-electron chi connectivity index (χ4n) is 1.02. The summed E-state index contributed by atoms with van der Waals surface area (Å²) in [4.78, 5) is 8.80. The van der Waals surface area contributed by atoms with E-state index in [2.05, 4.69) is 9.97 Å². The molecular formula is C9H8ClN3OS. The van der Waals surface area contributed by atoms with Gasteiger partial charge in [-0.05, 0) is 13.0 Å². The maximum absolute atomic E-state index is 5.93. The second kappa shape index (κ2) is 4.12. The molecule has 0 spiro atoms. The zero-order valence-corrected chi connectivity index (χ0v) is 9.47. The molecule has 0 saturated heterocycles. The lowest BCUT2D eigenvalue weighted by Gasteiger charge is -2.01. The van der Waals surface area contributed by atoms with Gasteiger partial charge in [-0.25, -0.2) is 9.97 Å². The average molecular weight is 242 g/mol. The van der Waals surface area contributed by atoms with Crippen molar-refractivity contribution >= 4 is 29.3 Å². The molecule has 4 nitrogen and oxygen atoms in total. The van der Waals surface area contributed by atoms with E-state index >= 15 is 0 Å². The summed E-state index contributed by atoms with van der Waals surface area (Å²) in [6.45, 7) is 1.88. The van der Waals surface area contributed by atoms with Crippen molar-refractivity contribution in [2.24, 2.45) is 0 Å². The van der Waals surface area contributed by atoms with Crippen LogP contribution in [0.4, 0.5) is 5.95 Å². The van der Waals surface area contributed by atoms with Gasteiger partial charge in [-0.1, -0.05) is 23.4 Å². The Labute approximate surface area is 95.9 Å². The smallest absolute Gasteiger partial charge is 0.221 e. The summed E-state index contributed by atoms with van der Waals surface area (Å²) >= 11 is 7.34. The summed E-state index contributed by atoms with van der Waals surface area (Å²) in [6, 6.07) is 1.86. The van der Waals surface area contributed by atoms with E-state index in [0.717, 1.165) is 10.7 Å². The molecule has 0 fully saturated rings. The highest BCUT2D eigenvalue weighted by Crippen LogP contribution is 2.33. The lowest BCUT2D eigenvalue weighted by molar-refractivity contribution is 0.527. The number of halogens is 1. The Balaban J connectivity index is 2.32. The summed E-state index contributed by atoms with van der Waals surface area (Å²) in [7, 11) is 0. The summed E-state index contributed by atoms with van der Waals surface area (Å²) in [5.74, 6) is 1.04. The average Bonchev–Trinajstić information content (AvgIpc) is 2.58. The number of aryl methyl sites for hydroxylation is 1. The van der Waals surface area contributed by atoms with E-state index in [0.29, 0.717) is 10.0 Å². The monoisotopic (exact) mass is 241 g/mol. The maximum atomic E-state index is 5.93. The van der Waals surface area contributed by atoms with Crippen molar-refractivity contribution in [1.29, 1.82) is 0 Å². The second-order valence-electron chi connectivity index (χ2n) is 2.82. The minimum atomic E-state index is 0.211. The molecular weight excluding hydrogens is 234 g/mol. The quantitative estimate of drug-likeness (QED) is 0.819. The van der Waals surface area contributed by atoms with Gasteiger partial charge in [-0.3, -0.25) is 0 Å². The van der Waals surface area contributed by atoms with Gasteiger partial charge in [-0.15, -0.1) is 0 Å². The lowest BCUT2D eigenvalue weighted by Crippen LogP contribution is -1.95. The first kappa shape index (κ1) is 10.3. The van der Waals surface area contributed by atoms with Gasteiger partial charge < -0.3 is 10.2 Å². The highest BCUT2D eigenvalue weighted by Gasteiger charge is 2.09. The van der Waals surface area contributed by atoms with Crippen molar-refractivity contribution in [3.05, 3.63) is 29.3 Å². The van der Waals surface area contributed by atoms with E-state index in [1.165, 1.54) is 18.0 Å². The first-order valence-corrected chi connectivity index (χ1v) is 5.36. The normalized spacial score (nSPS) is 10.5. The Morgan fingerprint density at radius 1 is 1.53 bits per heavy atom. The van der Waals surface area contributed by atoms with Crippen molar-refractivity contribution in [3.63, 3.8) is 0 Å². The molecule has 2 aromatic heterocycles. The van der Waals surface area contributed by atoms with Crippen LogP contribution >= 0.6 is 23.4 Å². The minimum Gasteiger partial charge on any atom is -0.468 e. The molecule has 0 bridgehead atoms. The SMILES string of the molecule is Cc1occc1Sc1nc(N)ncc1Cl. The van der Waals surface area contributed by atoms with Crippen LogP contribution in [0.15, 0.2) is 32.9 Å². The third kappa shape index (κ3) is 2.24. The third-order valence-corrected chi connectivity index (χ3v) is 3.29. The standard InChI is InChI=1S/C9H8ClN3OS/c1-5-7(2-3-14-5)15-8-6(10)4-12-9(11)13-8/h2-4H,1H3,(H2,11,12,13). The van der Waals surface area contributed by atoms with Gasteiger partial charge in [0.15, 0.2) is 0 Å². The van der Waals surface area contributed by atoms with Gasteiger partial charge in [0, 0.05) is 0 Å². The molecule has 0 aliphatic rings. The Kier molecular flexibility index (Phi) is 2.83. The Morgan fingerprint density at radius 2 is 2.33 bits per heavy atom. The Hall–Kier alpha value is -1.20. The first-order chi connectivity index (χ1) is 7.16. The molecule has 2 aromatic rings. The Bertz CT molecular complexity index is 486. The predicted octanol–water partition coefficient (Wildman–Crippen LogP) is 2.76. The second-order valence-corrected chi connectivity index (χ2v) is 4.26. The number of aromatic nitrogens is 2. The Morgan fingerprint density at radius 3 is 3.00 bits per heavy atom. The van der Waals surface area contributed by atoms with Crippen LogP contribution in [0.25, 0.3) is 0 Å². The van der Waals surface area contributed by atoms with E-state index in [4.69, 9.17) is 21.8 Å². The third-order valence-electron chi connectivity index (χ3n) is 1.75. The number of nitrogens with two attached hydrogens (primary N) is 1. The molecule has 2 rings (SSSR count). The zero-order chi connectivity index (χ0) is 10.8. The predicted molar refractivity (Wildman–Crippen MR) is 59.0 cm³/mol. The van der Waals surface area contributed by atoms with Crippen LogP contribution in [-0.2, 0) is 0 Å². The van der Waals surface area contributed by atoms with Gasteiger partial charge in [0.25, 0.3) is 0 Å². The molecule has 6 heteroatoms. The van der Waals surface area contributed by atoms with E-state index < -0.39 is 0 Å². The topological polar surface area (TPSA) is 64.9 Å². The molecule has 78 valence electrons. The molecule has 2 heterocycles. The van der Waals surface area contributed by atoms with Crippen LogP contribution in [-0.4, -0.2) is 9.97 Å². The van der Waals surface area contributed by atoms with Crippen LogP contribution in [0.2, 0.25) is 5.02 Å². The van der Waals surface area contributed by atoms with Crippen LogP contribution < -0.4 is 5.73 Å². The van der Waals surface area contributed by atoms with Gasteiger partial charge in [0.05, 0.1) is 22.4 Å². The summed E-state index contributed by atoms with van der Waals surface area (Å²) in [5.41, 5.74) is 5.48. The highest BCUT2D eigenvalue weighted by atomic mass is 35.5. The maximum Gasteiger partial charge on any atom is 0.221 e. The fraction of sp³-hybridized carbons (Fsp3) is 0.111. The molecule has 2 N–H and O–H groups in total. The number of nitrogen functional groups attached to an aromatic ring is 1. The van der Waals surface area contributed by atoms with Gasteiger partial charge in [0.1, 0.15) is 10.8 Å². The number of hydrogen-bond donors (Lipinski definition) is 1. The van der Waals surface area contributed by atoms with Crippen molar-refractivity contribution < 1.29 is 4.42 Å². The molecule has 0 aliphatic heterocycles. The van der Waals surface area contributed by atoms with Gasteiger partial charge >= 0.3 is 0 Å². The zero-order valence-electron chi connectivity index (χ0n) is 7.90. The largest absolute Gasteiger partial charge is 0.468 e. The van der Waals surface area contributed by atoms with Crippen molar-refractivity contribution in [2.45, 2.75) is 16.8 Å². The molecule has 0 amide bonds. The van der Waals surface area contributed by atoms with E-state index in [9.17, 15) is 0 Å². The number of rotatable bonds is 2. The number of nitrogens with zero attached hydrogens (tertiary/aromatic N) is 2. The number of hydrogen-bond acceptors (Lipinski definition) is 5. The molecule has 0 atom stereocenters. The number of anilines is 1.